The van der Waals surface area contributed by atoms with Gasteiger partial charge in [0.1, 0.15) is 5.60 Å². The summed E-state index contributed by atoms with van der Waals surface area (Å²) in [5.41, 5.74) is -0.556. The number of alkyl carbamates (subject to hydrolysis) is 1. The van der Waals surface area contributed by atoms with E-state index in [9.17, 15) is 13.2 Å². The Bertz CT molecular complexity index is 609. The predicted octanol–water partition coefficient (Wildman–Crippen LogP) is 2.32. The highest BCUT2D eigenvalue weighted by atomic mass is 32.2. The third kappa shape index (κ3) is 8.28. The zero-order valence-electron chi connectivity index (χ0n) is 14.4. The molecule has 1 rings (SSSR count). The molecule has 0 saturated carbocycles. The number of ether oxygens (including phenoxy) is 2. The maximum absolute atomic E-state index is 12.0. The van der Waals surface area contributed by atoms with Crippen LogP contribution >= 0.6 is 0 Å². The standard InChI is InChI=1S/C16H25NO6S/c1-13(23-24(19,20)14-8-6-5-7-9-14)12-21-11-10-17-15(18)22-16(2,3)4/h5-9,13H,10-12H2,1-4H3,(H,17,18). The Morgan fingerprint density at radius 3 is 2.42 bits per heavy atom. The molecule has 1 N–H and O–H groups in total. The van der Waals surface area contributed by atoms with Gasteiger partial charge in [-0.2, -0.15) is 8.42 Å². The predicted molar refractivity (Wildman–Crippen MR) is 89.2 cm³/mol. The molecule has 0 aliphatic carbocycles. The number of carbonyl (C=O) groups is 1. The zero-order valence-corrected chi connectivity index (χ0v) is 15.3. The SMILES string of the molecule is CC(COCCNC(=O)OC(C)(C)C)OS(=O)(=O)c1ccccc1. The lowest BCUT2D eigenvalue weighted by Crippen LogP contribution is -2.34. The lowest BCUT2D eigenvalue weighted by molar-refractivity contribution is 0.0443. The van der Waals surface area contributed by atoms with Gasteiger partial charge in [0.25, 0.3) is 10.1 Å². The Balaban J connectivity index is 2.25. The summed E-state index contributed by atoms with van der Waals surface area (Å²) in [5.74, 6) is 0. The summed E-state index contributed by atoms with van der Waals surface area (Å²) in [6.07, 6.45) is -1.17. The Morgan fingerprint density at radius 1 is 1.21 bits per heavy atom. The summed E-state index contributed by atoms with van der Waals surface area (Å²) in [7, 11) is -3.81. The van der Waals surface area contributed by atoms with Crippen LogP contribution in [0.2, 0.25) is 0 Å². The van der Waals surface area contributed by atoms with E-state index in [1.807, 2.05) is 0 Å². The summed E-state index contributed by atoms with van der Waals surface area (Å²) in [5, 5.41) is 2.54. The number of amides is 1. The molecule has 8 heteroatoms. The summed E-state index contributed by atoms with van der Waals surface area (Å²) in [4.78, 5) is 11.5. The second kappa shape index (κ2) is 9.00. The first-order valence-electron chi connectivity index (χ1n) is 7.63. The molecule has 0 spiro atoms. The molecule has 1 unspecified atom stereocenters. The Morgan fingerprint density at radius 2 is 1.83 bits per heavy atom. The van der Waals surface area contributed by atoms with E-state index in [0.717, 1.165) is 0 Å². The largest absolute Gasteiger partial charge is 0.444 e. The Labute approximate surface area is 143 Å². The summed E-state index contributed by atoms with van der Waals surface area (Å²) in [6.45, 7) is 7.48. The maximum atomic E-state index is 12.0. The molecule has 0 aliphatic rings. The van der Waals surface area contributed by atoms with Crippen LogP contribution in [0.15, 0.2) is 35.2 Å². The molecule has 1 aromatic carbocycles. The number of hydrogen-bond acceptors (Lipinski definition) is 6. The third-order valence-corrected chi connectivity index (χ3v) is 4.02. The minimum Gasteiger partial charge on any atom is -0.444 e. The van der Waals surface area contributed by atoms with Gasteiger partial charge < -0.3 is 14.8 Å². The number of rotatable bonds is 8. The van der Waals surface area contributed by atoms with Gasteiger partial charge in [-0.05, 0) is 39.8 Å². The van der Waals surface area contributed by atoms with Crippen molar-refractivity contribution in [3.8, 4) is 0 Å². The highest BCUT2D eigenvalue weighted by Gasteiger charge is 2.19. The maximum Gasteiger partial charge on any atom is 0.407 e. The highest BCUT2D eigenvalue weighted by Crippen LogP contribution is 2.13. The average Bonchev–Trinajstić information content (AvgIpc) is 2.45. The van der Waals surface area contributed by atoms with Crippen LogP contribution < -0.4 is 5.32 Å². The average molecular weight is 359 g/mol. The summed E-state index contributed by atoms with van der Waals surface area (Å²) < 4.78 is 39.4. The number of carbonyl (C=O) groups excluding carboxylic acids is 1. The van der Waals surface area contributed by atoms with Gasteiger partial charge in [-0.15, -0.1) is 0 Å². The smallest absolute Gasteiger partial charge is 0.407 e. The molecule has 0 fully saturated rings. The van der Waals surface area contributed by atoms with E-state index < -0.39 is 27.9 Å². The molecule has 0 saturated heterocycles. The molecule has 24 heavy (non-hydrogen) atoms. The van der Waals surface area contributed by atoms with Crippen LogP contribution in [0.3, 0.4) is 0 Å². The molecule has 1 amide bonds. The fraction of sp³-hybridized carbons (Fsp3) is 0.562. The van der Waals surface area contributed by atoms with Gasteiger partial charge in [-0.3, -0.25) is 4.18 Å². The Kier molecular flexibility index (Phi) is 7.65. The fourth-order valence-corrected chi connectivity index (χ4v) is 2.77. The summed E-state index contributed by atoms with van der Waals surface area (Å²) >= 11 is 0. The minimum atomic E-state index is -3.81. The molecular weight excluding hydrogens is 334 g/mol. The van der Waals surface area contributed by atoms with Crippen LogP contribution in [0.1, 0.15) is 27.7 Å². The third-order valence-electron chi connectivity index (χ3n) is 2.59. The number of hydrogen-bond donors (Lipinski definition) is 1. The van der Waals surface area contributed by atoms with Crippen LogP contribution in [0, 0.1) is 0 Å². The lowest BCUT2D eigenvalue weighted by Gasteiger charge is -2.19. The van der Waals surface area contributed by atoms with Crippen LogP contribution in [0.25, 0.3) is 0 Å². The van der Waals surface area contributed by atoms with Gasteiger partial charge in [-0.1, -0.05) is 18.2 Å². The second-order valence-electron chi connectivity index (χ2n) is 6.18. The minimum absolute atomic E-state index is 0.0854. The first-order valence-corrected chi connectivity index (χ1v) is 9.04. The van der Waals surface area contributed by atoms with Crippen molar-refractivity contribution in [3.05, 3.63) is 30.3 Å². The first-order chi connectivity index (χ1) is 11.1. The van der Waals surface area contributed by atoms with E-state index >= 15 is 0 Å². The van der Waals surface area contributed by atoms with Crippen LogP contribution in [0.5, 0.6) is 0 Å². The molecule has 0 radical (unpaired) electrons. The molecule has 136 valence electrons. The molecule has 1 aromatic rings. The van der Waals surface area contributed by atoms with Crippen molar-refractivity contribution in [1.82, 2.24) is 5.32 Å². The van der Waals surface area contributed by atoms with Crippen molar-refractivity contribution < 1.29 is 26.9 Å². The highest BCUT2D eigenvalue weighted by molar-refractivity contribution is 7.86. The molecule has 7 nitrogen and oxygen atoms in total. The lowest BCUT2D eigenvalue weighted by atomic mass is 10.2. The van der Waals surface area contributed by atoms with Crippen molar-refractivity contribution in [2.75, 3.05) is 19.8 Å². The van der Waals surface area contributed by atoms with Gasteiger partial charge in [0.05, 0.1) is 24.2 Å². The van der Waals surface area contributed by atoms with Gasteiger partial charge in [0, 0.05) is 6.54 Å². The number of nitrogens with one attached hydrogen (secondary N) is 1. The fourth-order valence-electron chi connectivity index (χ4n) is 1.68. The molecule has 0 heterocycles. The molecule has 1 atom stereocenters. The van der Waals surface area contributed by atoms with Crippen molar-refractivity contribution >= 4 is 16.2 Å². The molecule has 0 bridgehead atoms. The van der Waals surface area contributed by atoms with Crippen molar-refractivity contribution in [2.45, 2.75) is 44.3 Å². The topological polar surface area (TPSA) is 90.9 Å². The van der Waals surface area contributed by atoms with Crippen molar-refractivity contribution in [3.63, 3.8) is 0 Å². The van der Waals surface area contributed by atoms with Crippen molar-refractivity contribution in [1.29, 1.82) is 0 Å². The van der Waals surface area contributed by atoms with Crippen LogP contribution in [-0.4, -0.2) is 46.0 Å². The first kappa shape index (κ1) is 20.4. The second-order valence-corrected chi connectivity index (χ2v) is 7.75. The molecular formula is C16H25NO6S. The van der Waals surface area contributed by atoms with E-state index in [0.29, 0.717) is 0 Å². The summed E-state index contributed by atoms with van der Waals surface area (Å²) in [6, 6.07) is 7.91. The molecule has 0 aliphatic heterocycles. The quantitative estimate of drug-likeness (QED) is 0.566. The zero-order chi connectivity index (χ0) is 18.2. The van der Waals surface area contributed by atoms with E-state index in [2.05, 4.69) is 5.32 Å². The Hall–Kier alpha value is -1.64. The van der Waals surface area contributed by atoms with E-state index in [-0.39, 0.29) is 24.7 Å². The van der Waals surface area contributed by atoms with Gasteiger partial charge in [-0.25, -0.2) is 4.79 Å². The van der Waals surface area contributed by atoms with Gasteiger partial charge in [0.15, 0.2) is 0 Å². The monoisotopic (exact) mass is 359 g/mol. The van der Waals surface area contributed by atoms with Crippen molar-refractivity contribution in [2.24, 2.45) is 0 Å². The van der Waals surface area contributed by atoms with Crippen LogP contribution in [-0.2, 0) is 23.8 Å². The van der Waals surface area contributed by atoms with E-state index in [1.165, 1.54) is 12.1 Å². The van der Waals surface area contributed by atoms with Gasteiger partial charge >= 0.3 is 6.09 Å². The van der Waals surface area contributed by atoms with E-state index in [1.54, 1.807) is 45.9 Å². The normalized spacial score (nSPS) is 13.3. The number of benzene rings is 1. The van der Waals surface area contributed by atoms with Gasteiger partial charge in [0.2, 0.25) is 0 Å². The molecule has 0 aromatic heterocycles. The van der Waals surface area contributed by atoms with Crippen LogP contribution in [0.4, 0.5) is 4.79 Å². The van der Waals surface area contributed by atoms with E-state index in [4.69, 9.17) is 13.7 Å².